The van der Waals surface area contributed by atoms with Gasteiger partial charge in [0, 0.05) is 11.1 Å². The van der Waals surface area contributed by atoms with Crippen LogP contribution in [0.3, 0.4) is 0 Å². The Morgan fingerprint density at radius 2 is 1.78 bits per heavy atom. The van der Waals surface area contributed by atoms with Gasteiger partial charge in [-0.25, -0.2) is 13.1 Å². The third kappa shape index (κ3) is 3.22. The molecule has 0 aliphatic carbocycles. The van der Waals surface area contributed by atoms with Gasteiger partial charge < -0.3 is 9.47 Å². The van der Waals surface area contributed by atoms with Crippen LogP contribution in [0.4, 0.5) is 5.69 Å². The van der Waals surface area contributed by atoms with Crippen LogP contribution in [0.2, 0.25) is 5.02 Å². The first-order valence-electron chi connectivity index (χ1n) is 8.10. The normalized spacial score (nSPS) is 13.0. The number of hydrogen-bond acceptors (Lipinski definition) is 5. The number of aryl methyl sites for hydroxylation is 1. The maximum absolute atomic E-state index is 13.0. The topological polar surface area (TPSA) is 82.5 Å². The lowest BCUT2D eigenvalue weighted by molar-refractivity contribution is 0.174. The number of sulfonamides is 1. The van der Waals surface area contributed by atoms with E-state index in [1.54, 1.807) is 61.0 Å². The van der Waals surface area contributed by atoms with Gasteiger partial charge in [-0.05, 0) is 50.2 Å². The summed E-state index contributed by atoms with van der Waals surface area (Å²) in [5.74, 6) is 1.08. The van der Waals surface area contributed by atoms with Crippen molar-refractivity contribution in [2.75, 3.05) is 11.5 Å². The van der Waals surface area contributed by atoms with Crippen LogP contribution in [-0.2, 0) is 10.0 Å². The van der Waals surface area contributed by atoms with Crippen LogP contribution >= 0.6 is 11.6 Å². The molecule has 0 fully saturated rings. The molecule has 4 rings (SSSR count). The van der Waals surface area contributed by atoms with Crippen molar-refractivity contribution in [3.8, 4) is 17.2 Å². The molecule has 3 aromatic rings. The van der Waals surface area contributed by atoms with Crippen LogP contribution in [0.15, 0.2) is 47.4 Å². The van der Waals surface area contributed by atoms with E-state index in [4.69, 9.17) is 21.1 Å². The maximum Gasteiger partial charge on any atom is 0.265 e. The van der Waals surface area contributed by atoms with Gasteiger partial charge in [0.1, 0.15) is 4.90 Å². The molecule has 0 atom stereocenters. The number of ether oxygens (including phenoxy) is 2. The second-order valence-corrected chi connectivity index (χ2v) is 8.12. The van der Waals surface area contributed by atoms with Crippen LogP contribution in [-0.4, -0.2) is 25.0 Å². The van der Waals surface area contributed by atoms with Crippen molar-refractivity contribution in [2.24, 2.45) is 0 Å². The Morgan fingerprint density at radius 1 is 1.07 bits per heavy atom. The van der Waals surface area contributed by atoms with Crippen LogP contribution in [0, 0.1) is 13.8 Å². The van der Waals surface area contributed by atoms with Gasteiger partial charge in [-0.3, -0.25) is 4.72 Å². The summed E-state index contributed by atoms with van der Waals surface area (Å²) in [6.45, 7) is 3.49. The molecule has 0 amide bonds. The highest BCUT2D eigenvalue weighted by molar-refractivity contribution is 7.92. The van der Waals surface area contributed by atoms with Gasteiger partial charge in [-0.15, -0.1) is 0 Å². The molecule has 0 saturated carbocycles. The van der Waals surface area contributed by atoms with Gasteiger partial charge in [-0.1, -0.05) is 11.6 Å². The SMILES string of the molecule is Cc1nn(-c2ccc(Cl)cc2)c(C)c1S(=O)(=O)Nc1ccc2c(c1)OCO2. The van der Waals surface area contributed by atoms with E-state index in [1.165, 1.54) is 0 Å². The number of nitrogens with one attached hydrogen (secondary N) is 1. The Kier molecular flexibility index (Phi) is 4.24. The highest BCUT2D eigenvalue weighted by atomic mass is 35.5. The fourth-order valence-corrected chi connectivity index (χ4v) is 4.59. The molecule has 0 spiro atoms. The summed E-state index contributed by atoms with van der Waals surface area (Å²) in [6.07, 6.45) is 0. The molecule has 1 aliphatic heterocycles. The van der Waals surface area contributed by atoms with Gasteiger partial charge in [0.05, 0.1) is 22.8 Å². The monoisotopic (exact) mass is 405 g/mol. The third-order valence-electron chi connectivity index (χ3n) is 4.19. The smallest absolute Gasteiger partial charge is 0.265 e. The number of benzene rings is 2. The Labute approximate surface area is 161 Å². The molecular formula is C18H16ClN3O4S. The van der Waals surface area contributed by atoms with Gasteiger partial charge in [0.2, 0.25) is 6.79 Å². The van der Waals surface area contributed by atoms with E-state index >= 15 is 0 Å². The van der Waals surface area contributed by atoms with Crippen molar-refractivity contribution in [3.05, 3.63) is 58.9 Å². The summed E-state index contributed by atoms with van der Waals surface area (Å²) in [4.78, 5) is 0.134. The Morgan fingerprint density at radius 3 is 2.52 bits per heavy atom. The highest BCUT2D eigenvalue weighted by Gasteiger charge is 2.26. The lowest BCUT2D eigenvalue weighted by atomic mass is 10.3. The molecule has 1 aromatic heterocycles. The predicted molar refractivity (Wildman–Crippen MR) is 101 cm³/mol. The van der Waals surface area contributed by atoms with Gasteiger partial charge >= 0.3 is 0 Å². The molecular weight excluding hydrogens is 390 g/mol. The molecule has 140 valence electrons. The van der Waals surface area contributed by atoms with Crippen molar-refractivity contribution < 1.29 is 17.9 Å². The van der Waals surface area contributed by atoms with E-state index < -0.39 is 10.0 Å². The fourth-order valence-electron chi connectivity index (χ4n) is 3.02. The first-order valence-corrected chi connectivity index (χ1v) is 9.96. The summed E-state index contributed by atoms with van der Waals surface area (Å²) < 4.78 is 40.7. The third-order valence-corrected chi connectivity index (χ3v) is 6.07. The van der Waals surface area contributed by atoms with E-state index in [0.29, 0.717) is 33.6 Å². The molecule has 1 aliphatic rings. The molecule has 1 N–H and O–H groups in total. The van der Waals surface area contributed by atoms with E-state index in [9.17, 15) is 8.42 Å². The average molecular weight is 406 g/mol. The molecule has 2 aromatic carbocycles. The van der Waals surface area contributed by atoms with Crippen LogP contribution < -0.4 is 14.2 Å². The second-order valence-electron chi connectivity index (χ2n) is 6.06. The van der Waals surface area contributed by atoms with Crippen molar-refractivity contribution in [1.29, 1.82) is 0 Å². The zero-order chi connectivity index (χ0) is 19.2. The summed E-state index contributed by atoms with van der Waals surface area (Å²) in [5.41, 5.74) is 2.01. The lowest BCUT2D eigenvalue weighted by Crippen LogP contribution is -2.15. The largest absolute Gasteiger partial charge is 0.454 e. The Bertz CT molecular complexity index is 1120. The van der Waals surface area contributed by atoms with Gasteiger partial charge in [0.25, 0.3) is 10.0 Å². The van der Waals surface area contributed by atoms with Gasteiger partial charge in [0.15, 0.2) is 11.5 Å². The molecule has 27 heavy (non-hydrogen) atoms. The number of hydrogen-bond donors (Lipinski definition) is 1. The van der Waals surface area contributed by atoms with Crippen LogP contribution in [0.25, 0.3) is 5.69 Å². The summed E-state index contributed by atoms with van der Waals surface area (Å²) in [7, 11) is -3.84. The van der Waals surface area contributed by atoms with Crippen molar-refractivity contribution >= 4 is 27.3 Å². The standard InChI is InChI=1S/C18H16ClN3O4S/c1-11-18(12(2)22(20-11)15-6-3-13(19)4-7-15)27(23,24)21-14-5-8-16-17(9-14)26-10-25-16/h3-9,21H,10H2,1-2H3. The number of fused-ring (bicyclic) bond motifs is 1. The lowest BCUT2D eigenvalue weighted by Gasteiger charge is -2.10. The van der Waals surface area contributed by atoms with E-state index in [1.807, 2.05) is 0 Å². The highest BCUT2D eigenvalue weighted by Crippen LogP contribution is 2.35. The van der Waals surface area contributed by atoms with E-state index in [2.05, 4.69) is 9.82 Å². The molecule has 0 radical (unpaired) electrons. The first-order chi connectivity index (χ1) is 12.8. The molecule has 2 heterocycles. The molecule has 0 bridgehead atoms. The second kappa shape index (κ2) is 6.47. The summed E-state index contributed by atoms with van der Waals surface area (Å²) >= 11 is 5.92. The minimum atomic E-state index is -3.84. The predicted octanol–water partition coefficient (Wildman–Crippen LogP) is 3.67. The van der Waals surface area contributed by atoms with E-state index in [0.717, 1.165) is 5.69 Å². The number of aromatic nitrogens is 2. The molecule has 7 nitrogen and oxygen atoms in total. The zero-order valence-electron chi connectivity index (χ0n) is 14.6. The zero-order valence-corrected chi connectivity index (χ0v) is 16.1. The van der Waals surface area contributed by atoms with Crippen LogP contribution in [0.5, 0.6) is 11.5 Å². The number of nitrogens with zero attached hydrogens (tertiary/aromatic N) is 2. The quantitative estimate of drug-likeness (QED) is 0.716. The van der Waals surface area contributed by atoms with Crippen molar-refractivity contribution in [1.82, 2.24) is 9.78 Å². The minimum absolute atomic E-state index is 0.123. The Balaban J connectivity index is 1.70. The summed E-state index contributed by atoms with van der Waals surface area (Å²) in [6, 6.07) is 11.9. The fraction of sp³-hybridized carbons (Fsp3) is 0.167. The number of rotatable bonds is 4. The number of anilines is 1. The summed E-state index contributed by atoms with van der Waals surface area (Å²) in [5, 5.41) is 4.98. The molecule has 9 heteroatoms. The minimum Gasteiger partial charge on any atom is -0.454 e. The van der Waals surface area contributed by atoms with E-state index in [-0.39, 0.29) is 11.7 Å². The Hall–Kier alpha value is -2.71. The number of halogens is 1. The molecule has 0 unspecified atom stereocenters. The molecule has 0 saturated heterocycles. The van der Waals surface area contributed by atoms with Crippen molar-refractivity contribution in [2.45, 2.75) is 18.7 Å². The van der Waals surface area contributed by atoms with Gasteiger partial charge in [-0.2, -0.15) is 5.10 Å². The first kappa shape index (κ1) is 17.7. The average Bonchev–Trinajstić information content (AvgIpc) is 3.19. The maximum atomic E-state index is 13.0. The van der Waals surface area contributed by atoms with Crippen LogP contribution in [0.1, 0.15) is 11.4 Å². The van der Waals surface area contributed by atoms with Crippen molar-refractivity contribution in [3.63, 3.8) is 0 Å².